The predicted octanol–water partition coefficient (Wildman–Crippen LogP) is 4.37. The minimum absolute atomic E-state index is 0.116. The third-order valence-corrected chi connectivity index (χ3v) is 5.83. The van der Waals surface area contributed by atoms with Crippen LogP contribution in [0.15, 0.2) is 36.8 Å². The van der Waals surface area contributed by atoms with Crippen LogP contribution in [-0.4, -0.2) is 35.7 Å². The topological polar surface area (TPSA) is 81.0 Å². The van der Waals surface area contributed by atoms with Crippen LogP contribution in [0.3, 0.4) is 0 Å². The van der Waals surface area contributed by atoms with Gasteiger partial charge in [-0.3, -0.25) is 4.40 Å². The Bertz CT molecular complexity index is 1180. The molecule has 3 unspecified atom stereocenters. The number of alkyl halides is 3. The van der Waals surface area contributed by atoms with Gasteiger partial charge in [0.15, 0.2) is 11.3 Å². The van der Waals surface area contributed by atoms with Gasteiger partial charge in [0.25, 0.3) is 0 Å². The summed E-state index contributed by atoms with van der Waals surface area (Å²) in [5.74, 6) is 1.49. The maximum atomic E-state index is 12.7. The van der Waals surface area contributed by atoms with Crippen LogP contribution < -0.4 is 4.74 Å². The van der Waals surface area contributed by atoms with E-state index in [1.807, 2.05) is 16.7 Å². The highest BCUT2D eigenvalue weighted by Crippen LogP contribution is 2.42. The molecule has 1 saturated carbocycles. The third kappa shape index (κ3) is 3.16. The molecular formula is C20H19F3N6O. The van der Waals surface area contributed by atoms with Gasteiger partial charge in [0.05, 0.1) is 17.3 Å². The molecule has 1 N–H and O–H groups in total. The first-order valence-corrected chi connectivity index (χ1v) is 9.81. The number of aromatic nitrogens is 6. The van der Waals surface area contributed by atoms with E-state index in [1.54, 1.807) is 6.20 Å². The van der Waals surface area contributed by atoms with Gasteiger partial charge in [0.1, 0.15) is 11.9 Å². The smallest absolute Gasteiger partial charge is 0.417 e. The molecule has 0 saturated heterocycles. The van der Waals surface area contributed by atoms with Crippen LogP contribution >= 0.6 is 0 Å². The van der Waals surface area contributed by atoms with E-state index in [0.29, 0.717) is 18.0 Å². The van der Waals surface area contributed by atoms with Gasteiger partial charge in [0, 0.05) is 24.4 Å². The second-order valence-corrected chi connectivity index (χ2v) is 7.59. The Kier molecular flexibility index (Phi) is 4.37. The van der Waals surface area contributed by atoms with Crippen molar-refractivity contribution in [1.29, 1.82) is 0 Å². The highest BCUT2D eigenvalue weighted by Gasteiger charge is 2.39. The van der Waals surface area contributed by atoms with Gasteiger partial charge >= 0.3 is 6.18 Å². The third-order valence-electron chi connectivity index (χ3n) is 5.83. The zero-order chi connectivity index (χ0) is 20.9. The normalized spacial score (nSPS) is 22.2. The SMILES string of the molecule is CCC1CC(Oc2ccc(C(F)(F)F)cn2)CC1c1nnc2cnc3[nH]ccc3n12. The van der Waals surface area contributed by atoms with Crippen LogP contribution in [0.25, 0.3) is 16.8 Å². The van der Waals surface area contributed by atoms with Crippen molar-refractivity contribution in [2.24, 2.45) is 5.92 Å². The number of rotatable bonds is 4. The summed E-state index contributed by atoms with van der Waals surface area (Å²) in [5.41, 5.74) is 1.57. The van der Waals surface area contributed by atoms with Crippen molar-refractivity contribution in [3.63, 3.8) is 0 Å². The zero-order valence-corrected chi connectivity index (χ0v) is 16.1. The van der Waals surface area contributed by atoms with Crippen molar-refractivity contribution in [1.82, 2.24) is 29.5 Å². The highest BCUT2D eigenvalue weighted by atomic mass is 19.4. The molecule has 0 spiro atoms. The van der Waals surface area contributed by atoms with Gasteiger partial charge in [-0.25, -0.2) is 9.97 Å². The van der Waals surface area contributed by atoms with Crippen LogP contribution in [0.2, 0.25) is 0 Å². The first-order valence-electron chi connectivity index (χ1n) is 9.81. The van der Waals surface area contributed by atoms with Gasteiger partial charge in [-0.05, 0) is 30.9 Å². The first kappa shape index (κ1) is 18.8. The second-order valence-electron chi connectivity index (χ2n) is 7.59. The molecule has 0 bridgehead atoms. The van der Waals surface area contributed by atoms with E-state index < -0.39 is 11.7 Å². The Morgan fingerprint density at radius 1 is 1.13 bits per heavy atom. The molecule has 1 aliphatic rings. The van der Waals surface area contributed by atoms with E-state index in [4.69, 9.17) is 4.74 Å². The molecule has 4 heterocycles. The van der Waals surface area contributed by atoms with Gasteiger partial charge in [-0.15, -0.1) is 10.2 Å². The summed E-state index contributed by atoms with van der Waals surface area (Å²) < 4.78 is 46.2. The second kappa shape index (κ2) is 6.96. The molecule has 4 aromatic heterocycles. The van der Waals surface area contributed by atoms with Gasteiger partial charge < -0.3 is 9.72 Å². The van der Waals surface area contributed by atoms with E-state index in [9.17, 15) is 13.2 Å². The number of aromatic amines is 1. The van der Waals surface area contributed by atoms with Crippen LogP contribution in [0, 0.1) is 5.92 Å². The number of hydrogen-bond acceptors (Lipinski definition) is 5. The van der Waals surface area contributed by atoms with E-state index >= 15 is 0 Å². The molecule has 30 heavy (non-hydrogen) atoms. The van der Waals surface area contributed by atoms with Crippen molar-refractivity contribution in [2.45, 2.75) is 44.4 Å². The van der Waals surface area contributed by atoms with Crippen molar-refractivity contribution in [3.05, 3.63) is 48.2 Å². The maximum absolute atomic E-state index is 12.7. The summed E-state index contributed by atoms with van der Waals surface area (Å²) in [6.07, 6.45) is 2.16. The van der Waals surface area contributed by atoms with Crippen LogP contribution in [-0.2, 0) is 6.18 Å². The molecule has 4 aromatic rings. The first-order chi connectivity index (χ1) is 14.4. The largest absolute Gasteiger partial charge is 0.474 e. The summed E-state index contributed by atoms with van der Waals surface area (Å²) >= 11 is 0. The minimum Gasteiger partial charge on any atom is -0.474 e. The van der Waals surface area contributed by atoms with Crippen LogP contribution in [0.4, 0.5) is 13.2 Å². The van der Waals surface area contributed by atoms with E-state index in [1.165, 1.54) is 6.07 Å². The average molecular weight is 416 g/mol. The number of nitrogens with zero attached hydrogens (tertiary/aromatic N) is 5. The Labute approximate surface area is 169 Å². The monoisotopic (exact) mass is 416 g/mol. The summed E-state index contributed by atoms with van der Waals surface area (Å²) in [6.45, 7) is 2.12. The quantitative estimate of drug-likeness (QED) is 0.534. The standard InChI is InChI=1S/C20H19F3N6O/c1-2-11-7-13(30-17-4-3-12(9-25-17)20(21,22)23)8-14(11)19-28-27-16-10-26-18-15(29(16)19)5-6-24-18/h3-6,9-11,13-14,24H,2,7-8H2,1H3. The number of nitrogens with one attached hydrogen (secondary N) is 1. The lowest BCUT2D eigenvalue weighted by atomic mass is 9.93. The molecule has 7 nitrogen and oxygen atoms in total. The molecule has 0 amide bonds. The summed E-state index contributed by atoms with van der Waals surface area (Å²) in [5, 5.41) is 8.73. The maximum Gasteiger partial charge on any atom is 0.417 e. The summed E-state index contributed by atoms with van der Waals surface area (Å²) in [6, 6.07) is 4.21. The van der Waals surface area contributed by atoms with E-state index in [0.717, 1.165) is 42.1 Å². The van der Waals surface area contributed by atoms with Gasteiger partial charge in [-0.2, -0.15) is 13.2 Å². The van der Waals surface area contributed by atoms with Crippen molar-refractivity contribution in [2.75, 3.05) is 0 Å². The zero-order valence-electron chi connectivity index (χ0n) is 16.1. The number of ether oxygens (including phenoxy) is 1. The number of hydrogen-bond donors (Lipinski definition) is 1. The molecular weight excluding hydrogens is 397 g/mol. The Morgan fingerprint density at radius 3 is 2.73 bits per heavy atom. The number of fused-ring (bicyclic) bond motifs is 3. The Morgan fingerprint density at radius 2 is 2.00 bits per heavy atom. The molecule has 156 valence electrons. The number of H-pyrrole nitrogens is 1. The fourth-order valence-corrected chi connectivity index (χ4v) is 4.36. The lowest BCUT2D eigenvalue weighted by Crippen LogP contribution is -2.14. The van der Waals surface area contributed by atoms with Crippen molar-refractivity contribution >= 4 is 16.8 Å². The highest BCUT2D eigenvalue weighted by molar-refractivity contribution is 5.74. The molecule has 3 atom stereocenters. The fraction of sp³-hybridized carbons (Fsp3) is 0.400. The molecule has 1 fully saturated rings. The molecule has 10 heteroatoms. The average Bonchev–Trinajstić information content (AvgIpc) is 3.44. The van der Waals surface area contributed by atoms with Crippen LogP contribution in [0.1, 0.15) is 43.5 Å². The van der Waals surface area contributed by atoms with Crippen molar-refractivity contribution in [3.8, 4) is 5.88 Å². The Balaban J connectivity index is 1.41. The summed E-state index contributed by atoms with van der Waals surface area (Å²) in [7, 11) is 0. The minimum atomic E-state index is -4.41. The Hall–Kier alpha value is -3.17. The molecule has 0 aliphatic heterocycles. The van der Waals surface area contributed by atoms with Gasteiger partial charge in [-0.1, -0.05) is 13.3 Å². The summed E-state index contributed by atoms with van der Waals surface area (Å²) in [4.78, 5) is 11.3. The fourth-order valence-electron chi connectivity index (χ4n) is 4.36. The van der Waals surface area contributed by atoms with Crippen LogP contribution in [0.5, 0.6) is 5.88 Å². The number of halogens is 3. The molecule has 1 aliphatic carbocycles. The predicted molar refractivity (Wildman–Crippen MR) is 102 cm³/mol. The molecule has 0 aromatic carbocycles. The number of pyridine rings is 1. The molecule has 0 radical (unpaired) electrons. The lowest BCUT2D eigenvalue weighted by Gasteiger charge is -2.15. The van der Waals surface area contributed by atoms with Gasteiger partial charge in [0.2, 0.25) is 5.88 Å². The van der Waals surface area contributed by atoms with E-state index in [2.05, 4.69) is 32.1 Å². The lowest BCUT2D eigenvalue weighted by molar-refractivity contribution is -0.137. The molecule has 5 rings (SSSR count). The van der Waals surface area contributed by atoms with Crippen molar-refractivity contribution < 1.29 is 17.9 Å². The van der Waals surface area contributed by atoms with E-state index in [-0.39, 0.29) is 17.9 Å².